The van der Waals surface area contributed by atoms with Crippen LogP contribution in [-0.2, 0) is 35.3 Å². The summed E-state index contributed by atoms with van der Waals surface area (Å²) >= 11 is 0. The Morgan fingerprint density at radius 2 is 1.88 bits per heavy atom. The lowest BCUT2D eigenvalue weighted by atomic mass is 10.1. The van der Waals surface area contributed by atoms with E-state index in [1.807, 2.05) is 12.1 Å². The maximum Gasteiger partial charge on any atom is 0.320 e. The molecule has 1 atom stereocenters. The molecule has 1 aromatic heterocycles. The van der Waals surface area contributed by atoms with Gasteiger partial charge in [-0.2, -0.15) is 5.10 Å². The van der Waals surface area contributed by atoms with Crippen LogP contribution in [0.25, 0.3) is 0 Å². The van der Waals surface area contributed by atoms with Crippen molar-refractivity contribution < 1.29 is 19.8 Å². The second kappa shape index (κ2) is 7.02. The molecule has 0 spiro atoms. The normalized spacial score (nSPS) is 15.1. The first-order valence-electron chi connectivity index (χ1n) is 8.15. The molecule has 0 saturated heterocycles. The number of hydrogen-bond acceptors (Lipinski definition) is 5. The van der Waals surface area contributed by atoms with Crippen molar-refractivity contribution in [1.29, 1.82) is 0 Å². The van der Waals surface area contributed by atoms with Crippen LogP contribution < -0.4 is 5.73 Å². The van der Waals surface area contributed by atoms with Crippen LogP contribution in [0.15, 0.2) is 24.3 Å². The van der Waals surface area contributed by atoms with Crippen molar-refractivity contribution in [2.45, 2.75) is 44.2 Å². The topological polar surface area (TPSA) is 131 Å². The number of nitrogens with two attached hydrogens (primary N) is 1. The first-order chi connectivity index (χ1) is 11.9. The monoisotopic (exact) mass is 344 g/mol. The third kappa shape index (κ3) is 3.85. The summed E-state index contributed by atoms with van der Waals surface area (Å²) in [4.78, 5) is 26.2. The van der Waals surface area contributed by atoms with Crippen LogP contribution in [0.2, 0.25) is 0 Å². The average molecular weight is 344 g/mol. The molecule has 0 bridgehead atoms. The standard InChI is InChI=1S/C17H20N4O4/c18-13(17(24)25)5-6-15-19-14(9-16(22)23)20-21(15)12-7-10-3-1-2-4-11(10)8-12/h1-4,12-13H,5-9,18H2,(H,22,23)(H,24,25)/t13-/m0/s1. The minimum atomic E-state index is -1.06. The summed E-state index contributed by atoms with van der Waals surface area (Å²) in [5, 5.41) is 22.3. The Balaban J connectivity index is 1.82. The largest absolute Gasteiger partial charge is 0.481 e. The predicted molar refractivity (Wildman–Crippen MR) is 88.2 cm³/mol. The van der Waals surface area contributed by atoms with Gasteiger partial charge in [0.2, 0.25) is 0 Å². The quantitative estimate of drug-likeness (QED) is 0.670. The Morgan fingerprint density at radius 1 is 1.24 bits per heavy atom. The van der Waals surface area contributed by atoms with Gasteiger partial charge in [-0.3, -0.25) is 9.59 Å². The number of carbonyl (C=O) groups is 2. The Bertz CT molecular complexity index is 777. The van der Waals surface area contributed by atoms with Gasteiger partial charge in [-0.1, -0.05) is 24.3 Å². The number of fused-ring (bicyclic) bond motifs is 1. The van der Waals surface area contributed by atoms with E-state index in [0.717, 1.165) is 12.8 Å². The smallest absolute Gasteiger partial charge is 0.320 e. The van der Waals surface area contributed by atoms with Gasteiger partial charge in [0, 0.05) is 6.42 Å². The SMILES string of the molecule is N[C@@H](CCc1nc(CC(=O)O)nn1C1Cc2ccccc2C1)C(=O)O. The van der Waals surface area contributed by atoms with Crippen molar-refractivity contribution in [3.63, 3.8) is 0 Å². The molecule has 0 saturated carbocycles. The van der Waals surface area contributed by atoms with E-state index in [4.69, 9.17) is 15.9 Å². The number of aliphatic carboxylic acids is 2. The molecule has 0 amide bonds. The number of nitrogens with zero attached hydrogens (tertiary/aromatic N) is 3. The van der Waals surface area contributed by atoms with E-state index < -0.39 is 18.0 Å². The van der Waals surface area contributed by atoms with Gasteiger partial charge in [-0.15, -0.1) is 0 Å². The van der Waals surface area contributed by atoms with Crippen LogP contribution in [0.1, 0.15) is 35.2 Å². The molecule has 132 valence electrons. The molecule has 3 rings (SSSR count). The van der Waals surface area contributed by atoms with E-state index in [9.17, 15) is 9.59 Å². The van der Waals surface area contributed by atoms with Gasteiger partial charge in [0.25, 0.3) is 0 Å². The maximum absolute atomic E-state index is 11.0. The average Bonchev–Trinajstić information content (AvgIpc) is 3.15. The minimum Gasteiger partial charge on any atom is -0.481 e. The van der Waals surface area contributed by atoms with E-state index in [2.05, 4.69) is 22.2 Å². The van der Waals surface area contributed by atoms with Crippen LogP contribution >= 0.6 is 0 Å². The number of carboxylic acids is 2. The highest BCUT2D eigenvalue weighted by Crippen LogP contribution is 2.30. The van der Waals surface area contributed by atoms with Crippen molar-refractivity contribution in [2.24, 2.45) is 5.73 Å². The maximum atomic E-state index is 11.0. The molecule has 1 aliphatic rings. The third-order valence-electron chi connectivity index (χ3n) is 4.43. The van der Waals surface area contributed by atoms with Crippen LogP contribution in [0.5, 0.6) is 0 Å². The Hall–Kier alpha value is -2.74. The molecular formula is C17H20N4O4. The van der Waals surface area contributed by atoms with E-state index in [0.29, 0.717) is 12.2 Å². The molecule has 8 nitrogen and oxygen atoms in total. The summed E-state index contributed by atoms with van der Waals surface area (Å²) in [5.74, 6) is -1.24. The van der Waals surface area contributed by atoms with Gasteiger partial charge in [-0.05, 0) is 30.4 Å². The van der Waals surface area contributed by atoms with Gasteiger partial charge >= 0.3 is 11.9 Å². The molecule has 4 N–H and O–H groups in total. The molecule has 0 aliphatic heterocycles. The van der Waals surface area contributed by atoms with E-state index in [-0.39, 0.29) is 24.7 Å². The van der Waals surface area contributed by atoms with Crippen molar-refractivity contribution >= 4 is 11.9 Å². The highest BCUT2D eigenvalue weighted by atomic mass is 16.4. The van der Waals surface area contributed by atoms with Crippen LogP contribution in [-0.4, -0.2) is 43.0 Å². The van der Waals surface area contributed by atoms with Crippen molar-refractivity contribution in [2.75, 3.05) is 0 Å². The lowest BCUT2D eigenvalue weighted by Crippen LogP contribution is -2.31. The number of rotatable bonds is 7. The number of aryl methyl sites for hydroxylation is 1. The van der Waals surface area contributed by atoms with Crippen molar-refractivity contribution in [3.05, 3.63) is 47.0 Å². The number of carboxylic acid groups (broad SMARTS) is 2. The summed E-state index contributed by atoms with van der Waals surface area (Å²) in [5.41, 5.74) is 8.07. The Labute approximate surface area is 144 Å². The molecular weight excluding hydrogens is 324 g/mol. The van der Waals surface area contributed by atoms with Gasteiger partial charge in [-0.25, -0.2) is 9.67 Å². The molecule has 8 heteroatoms. The lowest BCUT2D eigenvalue weighted by molar-refractivity contribution is -0.139. The number of benzene rings is 1. The van der Waals surface area contributed by atoms with E-state index >= 15 is 0 Å². The predicted octanol–water partition coefficient (Wildman–Crippen LogP) is 0.590. The molecule has 0 fully saturated rings. The first kappa shape index (κ1) is 17.1. The molecule has 1 aromatic carbocycles. The van der Waals surface area contributed by atoms with Gasteiger partial charge in [0.15, 0.2) is 5.82 Å². The fraction of sp³-hybridized carbons (Fsp3) is 0.412. The van der Waals surface area contributed by atoms with Crippen LogP contribution in [0.3, 0.4) is 0 Å². The summed E-state index contributed by atoms with van der Waals surface area (Å²) in [6.45, 7) is 0. The Kier molecular flexibility index (Phi) is 4.80. The van der Waals surface area contributed by atoms with E-state index in [1.165, 1.54) is 11.1 Å². The molecule has 0 radical (unpaired) electrons. The molecule has 25 heavy (non-hydrogen) atoms. The number of aromatic nitrogens is 3. The summed E-state index contributed by atoms with van der Waals surface area (Å²) in [7, 11) is 0. The number of hydrogen-bond donors (Lipinski definition) is 3. The van der Waals surface area contributed by atoms with Crippen molar-refractivity contribution in [1.82, 2.24) is 14.8 Å². The first-order valence-corrected chi connectivity index (χ1v) is 8.15. The molecule has 0 unspecified atom stereocenters. The molecule has 1 heterocycles. The van der Waals surface area contributed by atoms with Crippen LogP contribution in [0.4, 0.5) is 0 Å². The minimum absolute atomic E-state index is 0.0588. The molecule has 2 aromatic rings. The third-order valence-corrected chi connectivity index (χ3v) is 4.43. The Morgan fingerprint density at radius 3 is 2.44 bits per heavy atom. The van der Waals surface area contributed by atoms with E-state index in [1.54, 1.807) is 4.68 Å². The second-order valence-corrected chi connectivity index (χ2v) is 6.27. The van der Waals surface area contributed by atoms with Gasteiger partial charge in [0.05, 0.1) is 6.04 Å². The summed E-state index contributed by atoms with van der Waals surface area (Å²) in [6.07, 6.45) is 1.89. The highest BCUT2D eigenvalue weighted by molar-refractivity contribution is 5.73. The van der Waals surface area contributed by atoms with Gasteiger partial charge in [0.1, 0.15) is 18.3 Å². The zero-order chi connectivity index (χ0) is 18.0. The summed E-state index contributed by atoms with van der Waals surface area (Å²) < 4.78 is 1.76. The highest BCUT2D eigenvalue weighted by Gasteiger charge is 2.27. The van der Waals surface area contributed by atoms with Crippen molar-refractivity contribution in [3.8, 4) is 0 Å². The fourth-order valence-electron chi connectivity index (χ4n) is 3.19. The molecule has 1 aliphatic carbocycles. The summed E-state index contributed by atoms with van der Waals surface area (Å²) in [6, 6.07) is 7.21. The lowest BCUT2D eigenvalue weighted by Gasteiger charge is -2.13. The zero-order valence-electron chi connectivity index (χ0n) is 13.6. The van der Waals surface area contributed by atoms with Gasteiger partial charge < -0.3 is 15.9 Å². The zero-order valence-corrected chi connectivity index (χ0v) is 13.6. The van der Waals surface area contributed by atoms with Crippen LogP contribution in [0, 0.1) is 0 Å². The second-order valence-electron chi connectivity index (χ2n) is 6.27. The fourth-order valence-corrected chi connectivity index (χ4v) is 3.19.